The van der Waals surface area contributed by atoms with Crippen LogP contribution in [0.4, 0.5) is 5.69 Å². The molecule has 2 aromatic carbocycles. The summed E-state index contributed by atoms with van der Waals surface area (Å²) in [5.74, 6) is -0.402. The first-order valence-electron chi connectivity index (χ1n) is 5.61. The summed E-state index contributed by atoms with van der Waals surface area (Å²) in [5.41, 5.74) is -0.0408. The van der Waals surface area contributed by atoms with Crippen molar-refractivity contribution in [2.45, 2.75) is 10.6 Å². The molecule has 104 valence electrons. The van der Waals surface area contributed by atoms with Crippen molar-refractivity contribution in [2.75, 3.05) is 0 Å². The lowest BCUT2D eigenvalue weighted by Gasteiger charge is -2.05. The Kier molecular flexibility index (Phi) is 4.20. The van der Waals surface area contributed by atoms with Crippen molar-refractivity contribution in [3.63, 3.8) is 0 Å². The van der Waals surface area contributed by atoms with E-state index in [4.69, 9.17) is 0 Å². The van der Waals surface area contributed by atoms with E-state index in [-0.39, 0.29) is 16.1 Å². The fourth-order valence-corrected chi connectivity index (χ4v) is 3.49. The average Bonchev–Trinajstić information content (AvgIpc) is 2.41. The van der Waals surface area contributed by atoms with Gasteiger partial charge in [-0.1, -0.05) is 40.2 Å². The molecule has 0 radical (unpaired) electrons. The highest BCUT2D eigenvalue weighted by Crippen LogP contribution is 2.27. The van der Waals surface area contributed by atoms with Crippen molar-refractivity contribution in [3.05, 3.63) is 68.7 Å². The highest BCUT2D eigenvalue weighted by Gasteiger charge is 2.22. The minimum absolute atomic E-state index is 0.150. The van der Waals surface area contributed by atoms with Gasteiger partial charge in [-0.25, -0.2) is 8.42 Å². The number of hydrogen-bond donors (Lipinski definition) is 0. The Morgan fingerprint density at radius 3 is 2.35 bits per heavy atom. The van der Waals surface area contributed by atoms with Crippen LogP contribution in [0, 0.1) is 10.1 Å². The van der Waals surface area contributed by atoms with Gasteiger partial charge in [-0.2, -0.15) is 0 Å². The van der Waals surface area contributed by atoms with Gasteiger partial charge in [0.05, 0.1) is 15.6 Å². The van der Waals surface area contributed by atoms with Crippen molar-refractivity contribution in [1.82, 2.24) is 0 Å². The van der Waals surface area contributed by atoms with E-state index >= 15 is 0 Å². The van der Waals surface area contributed by atoms with Crippen LogP contribution in [-0.4, -0.2) is 13.3 Å². The number of nitrogens with zero attached hydrogens (tertiary/aromatic N) is 1. The second-order valence-corrected chi connectivity index (χ2v) is 7.01. The van der Waals surface area contributed by atoms with E-state index in [0.717, 1.165) is 0 Å². The van der Waals surface area contributed by atoms with Crippen LogP contribution in [0.2, 0.25) is 0 Å². The summed E-state index contributed by atoms with van der Waals surface area (Å²) >= 11 is 3.14. The molecule has 2 rings (SSSR count). The van der Waals surface area contributed by atoms with Crippen LogP contribution in [0.5, 0.6) is 0 Å². The summed E-state index contributed by atoms with van der Waals surface area (Å²) < 4.78 is 25.0. The number of benzene rings is 2. The number of nitro benzene ring substituents is 1. The second kappa shape index (κ2) is 5.72. The summed E-state index contributed by atoms with van der Waals surface area (Å²) in [7, 11) is -3.60. The van der Waals surface area contributed by atoms with E-state index in [0.29, 0.717) is 4.47 Å². The Morgan fingerprint density at radius 1 is 1.10 bits per heavy atom. The molecule has 0 bridgehead atoms. The highest BCUT2D eigenvalue weighted by molar-refractivity contribution is 9.10. The van der Waals surface area contributed by atoms with E-state index in [9.17, 15) is 18.5 Å². The molecule has 20 heavy (non-hydrogen) atoms. The third-order valence-corrected chi connectivity index (χ3v) is 4.87. The first-order chi connectivity index (χ1) is 9.40. The van der Waals surface area contributed by atoms with Gasteiger partial charge in [-0.3, -0.25) is 10.1 Å². The first-order valence-corrected chi connectivity index (χ1v) is 8.05. The molecule has 0 saturated heterocycles. The van der Waals surface area contributed by atoms with Crippen LogP contribution in [0.1, 0.15) is 5.56 Å². The van der Waals surface area contributed by atoms with E-state index in [1.54, 1.807) is 24.3 Å². The van der Waals surface area contributed by atoms with E-state index < -0.39 is 20.5 Å². The zero-order valence-corrected chi connectivity index (χ0v) is 12.6. The summed E-state index contributed by atoms with van der Waals surface area (Å²) in [6, 6.07) is 12.2. The number of sulfone groups is 1. The molecule has 0 saturated carbocycles. The fourth-order valence-electron chi connectivity index (χ4n) is 1.74. The van der Waals surface area contributed by atoms with Gasteiger partial charge in [-0.05, 0) is 18.2 Å². The molecule has 0 atom stereocenters. The van der Waals surface area contributed by atoms with Gasteiger partial charge in [0.2, 0.25) is 0 Å². The lowest BCUT2D eigenvalue weighted by Crippen LogP contribution is -2.07. The number of halogens is 1. The lowest BCUT2D eigenvalue weighted by atomic mass is 10.2. The van der Waals surface area contributed by atoms with Gasteiger partial charge in [-0.15, -0.1) is 0 Å². The molecule has 2 aromatic rings. The van der Waals surface area contributed by atoms with E-state index in [2.05, 4.69) is 15.9 Å². The molecule has 5 nitrogen and oxygen atoms in total. The molecule has 0 aromatic heterocycles. The molecule has 0 aliphatic heterocycles. The van der Waals surface area contributed by atoms with Gasteiger partial charge >= 0.3 is 0 Å². The SMILES string of the molecule is O=[N+]([O-])c1cc(Br)ccc1CS(=O)(=O)c1ccccc1. The summed E-state index contributed by atoms with van der Waals surface area (Å²) in [4.78, 5) is 10.6. The van der Waals surface area contributed by atoms with Crippen molar-refractivity contribution in [3.8, 4) is 0 Å². The van der Waals surface area contributed by atoms with Gasteiger partial charge in [0.25, 0.3) is 5.69 Å². The molecule has 0 N–H and O–H groups in total. The normalized spacial score (nSPS) is 11.2. The standard InChI is InChI=1S/C13H10BrNO4S/c14-11-7-6-10(13(8-11)15(16)17)9-20(18,19)12-4-2-1-3-5-12/h1-8H,9H2. The van der Waals surface area contributed by atoms with Gasteiger partial charge in [0.15, 0.2) is 9.84 Å². The van der Waals surface area contributed by atoms with Crippen LogP contribution in [0.3, 0.4) is 0 Å². The maximum Gasteiger partial charge on any atom is 0.274 e. The Hall–Kier alpha value is -1.73. The summed E-state index contributed by atoms with van der Waals surface area (Å²) in [6.07, 6.45) is 0. The predicted molar refractivity (Wildman–Crippen MR) is 78.1 cm³/mol. The van der Waals surface area contributed by atoms with Crippen molar-refractivity contribution < 1.29 is 13.3 Å². The van der Waals surface area contributed by atoms with E-state index in [1.165, 1.54) is 24.3 Å². The molecule has 7 heteroatoms. The highest BCUT2D eigenvalue weighted by atomic mass is 79.9. The van der Waals surface area contributed by atoms with Crippen LogP contribution in [0.25, 0.3) is 0 Å². The Labute approximate surface area is 124 Å². The second-order valence-electron chi connectivity index (χ2n) is 4.10. The number of nitro groups is 1. The largest absolute Gasteiger partial charge is 0.274 e. The third kappa shape index (κ3) is 3.23. The zero-order valence-electron chi connectivity index (χ0n) is 10.2. The molecule has 0 fully saturated rings. The third-order valence-electron chi connectivity index (χ3n) is 2.69. The van der Waals surface area contributed by atoms with Gasteiger partial charge in [0.1, 0.15) is 0 Å². The monoisotopic (exact) mass is 355 g/mol. The van der Waals surface area contributed by atoms with Crippen LogP contribution in [-0.2, 0) is 15.6 Å². The number of rotatable bonds is 4. The zero-order chi connectivity index (χ0) is 14.8. The summed E-state index contributed by atoms with van der Waals surface area (Å²) in [6.45, 7) is 0. The quantitative estimate of drug-likeness (QED) is 0.622. The fraction of sp³-hybridized carbons (Fsp3) is 0.0769. The molecule has 0 heterocycles. The van der Waals surface area contributed by atoms with E-state index in [1.807, 2.05) is 0 Å². The minimum Gasteiger partial charge on any atom is -0.258 e. The van der Waals surface area contributed by atoms with Crippen LogP contribution < -0.4 is 0 Å². The molecular formula is C13H10BrNO4S. The van der Waals surface area contributed by atoms with Gasteiger partial charge < -0.3 is 0 Å². The first kappa shape index (κ1) is 14.7. The van der Waals surface area contributed by atoms with Crippen LogP contribution >= 0.6 is 15.9 Å². The maximum absolute atomic E-state index is 12.2. The molecule has 0 unspecified atom stereocenters. The number of hydrogen-bond acceptors (Lipinski definition) is 4. The molecular weight excluding hydrogens is 346 g/mol. The van der Waals surface area contributed by atoms with Gasteiger partial charge in [0, 0.05) is 16.1 Å². The lowest BCUT2D eigenvalue weighted by molar-refractivity contribution is -0.385. The molecule has 0 aliphatic carbocycles. The van der Waals surface area contributed by atoms with Crippen molar-refractivity contribution >= 4 is 31.5 Å². The predicted octanol–water partition coefficient (Wildman–Crippen LogP) is 3.33. The molecule has 0 amide bonds. The minimum atomic E-state index is -3.60. The average molecular weight is 356 g/mol. The Balaban J connectivity index is 2.43. The molecule has 0 spiro atoms. The van der Waals surface area contributed by atoms with Crippen LogP contribution in [0.15, 0.2) is 57.9 Å². The topological polar surface area (TPSA) is 77.3 Å². The maximum atomic E-state index is 12.2. The van der Waals surface area contributed by atoms with Crippen molar-refractivity contribution in [2.24, 2.45) is 0 Å². The molecule has 0 aliphatic rings. The Bertz CT molecular complexity index is 744. The van der Waals surface area contributed by atoms with Crippen molar-refractivity contribution in [1.29, 1.82) is 0 Å². The summed E-state index contributed by atoms with van der Waals surface area (Å²) in [5, 5.41) is 11.0. The smallest absolute Gasteiger partial charge is 0.258 e. The Morgan fingerprint density at radius 2 is 1.75 bits per heavy atom.